The molecule has 6 heteroatoms. The Hall–Kier alpha value is -0.740. The molecule has 0 aromatic heterocycles. The van der Waals surface area contributed by atoms with E-state index in [9.17, 15) is 14.1 Å². The van der Waals surface area contributed by atoms with Gasteiger partial charge in [0.05, 0.1) is 12.2 Å². The third kappa shape index (κ3) is 6.69. The molecule has 1 aromatic carbocycles. The Morgan fingerprint density at radius 3 is 1.67 bits per heavy atom. The first kappa shape index (κ1) is 26.9. The van der Waals surface area contributed by atoms with E-state index < -0.39 is 19.3 Å². The lowest BCUT2D eigenvalue weighted by atomic mass is 9.75. The first-order valence-electron chi connectivity index (χ1n) is 12.9. The van der Waals surface area contributed by atoms with Crippen LogP contribution in [0.3, 0.4) is 0 Å². The van der Waals surface area contributed by atoms with Crippen LogP contribution in [0.2, 0.25) is 0 Å². The van der Waals surface area contributed by atoms with Gasteiger partial charge in [0.15, 0.2) is 5.85 Å². The van der Waals surface area contributed by atoms with Crippen LogP contribution < -0.4 is 0 Å². The molecule has 2 fully saturated rings. The van der Waals surface area contributed by atoms with Crippen LogP contribution in [-0.4, -0.2) is 17.3 Å². The summed E-state index contributed by atoms with van der Waals surface area (Å²) in [7, 11) is -3.96. The Kier molecular flexibility index (Phi) is 9.22. The zero-order valence-electron chi connectivity index (χ0n) is 21.2. The highest BCUT2D eigenvalue weighted by molar-refractivity contribution is 7.54. The third-order valence-corrected chi connectivity index (χ3v) is 9.98. The van der Waals surface area contributed by atoms with Gasteiger partial charge in [-0.25, -0.2) is 4.39 Å². The van der Waals surface area contributed by atoms with E-state index in [4.69, 9.17) is 9.05 Å². The van der Waals surface area contributed by atoms with Crippen molar-refractivity contribution in [3.63, 3.8) is 0 Å². The molecule has 0 heterocycles. The maximum Gasteiger partial charge on any atom is 0.363 e. The van der Waals surface area contributed by atoms with Crippen molar-refractivity contribution in [3.8, 4) is 0 Å². The Morgan fingerprint density at radius 2 is 1.27 bits per heavy atom. The average molecular weight is 483 g/mol. The second-order valence-corrected chi connectivity index (χ2v) is 13.4. The summed E-state index contributed by atoms with van der Waals surface area (Å²) in [6.07, 6.45) is 5.45. The Morgan fingerprint density at radius 1 is 0.848 bits per heavy atom. The van der Waals surface area contributed by atoms with Crippen LogP contribution in [0.4, 0.5) is 4.39 Å². The molecule has 33 heavy (non-hydrogen) atoms. The molecule has 188 valence electrons. The van der Waals surface area contributed by atoms with E-state index in [0.717, 1.165) is 38.5 Å². The molecule has 2 saturated carbocycles. The van der Waals surface area contributed by atoms with E-state index in [1.54, 1.807) is 0 Å². The molecule has 0 aliphatic heterocycles. The van der Waals surface area contributed by atoms with E-state index >= 15 is 0 Å². The first-order chi connectivity index (χ1) is 15.5. The molecule has 0 spiro atoms. The predicted molar refractivity (Wildman–Crippen MR) is 131 cm³/mol. The predicted octanol–water partition coefficient (Wildman–Crippen LogP) is 7.96. The number of halogens is 1. The van der Waals surface area contributed by atoms with Crippen molar-refractivity contribution in [2.45, 2.75) is 98.1 Å². The summed E-state index contributed by atoms with van der Waals surface area (Å²) in [5.41, 5.74) is 0.370. The van der Waals surface area contributed by atoms with Crippen LogP contribution >= 0.6 is 7.60 Å². The molecule has 2 aliphatic carbocycles. The number of benzene rings is 1. The number of hydrogen-bond acceptors (Lipinski definition) is 4. The number of rotatable bonds is 8. The van der Waals surface area contributed by atoms with Gasteiger partial charge in [0.1, 0.15) is 5.82 Å². The standard InChI is InChI=1S/C27H44FO4P/c1-17(2)23-13-7-19(5)15-25(23)31-33(30,27(29)21-9-11-22(28)12-10-21)32-26-16-20(6)8-14-24(26)18(3)4/h9-12,17-20,23-27,29H,7-8,13-16H2,1-6H3/t19-,20-,23-,24+,25-,26-,27-,33?/m1/s1. The Bertz CT molecular complexity index is 758. The number of aliphatic hydroxyl groups is 1. The van der Waals surface area contributed by atoms with Gasteiger partial charge in [-0.1, -0.05) is 66.5 Å². The van der Waals surface area contributed by atoms with Crippen molar-refractivity contribution in [3.05, 3.63) is 35.6 Å². The van der Waals surface area contributed by atoms with E-state index in [-0.39, 0.29) is 24.0 Å². The van der Waals surface area contributed by atoms with Crippen LogP contribution in [0.1, 0.15) is 91.5 Å². The van der Waals surface area contributed by atoms with Gasteiger partial charge < -0.3 is 14.2 Å². The first-order valence-corrected chi connectivity index (χ1v) is 14.5. The fourth-order valence-electron chi connectivity index (χ4n) is 5.81. The van der Waals surface area contributed by atoms with Gasteiger partial charge in [-0.15, -0.1) is 0 Å². The minimum absolute atomic E-state index is 0.229. The maximum atomic E-state index is 14.5. The van der Waals surface area contributed by atoms with E-state index in [1.807, 2.05) is 0 Å². The zero-order valence-corrected chi connectivity index (χ0v) is 22.1. The summed E-state index contributed by atoms with van der Waals surface area (Å²) in [4.78, 5) is 0. The zero-order chi connectivity index (χ0) is 24.3. The molecular formula is C27H44FO4P. The highest BCUT2D eigenvalue weighted by atomic mass is 31.2. The van der Waals surface area contributed by atoms with E-state index in [2.05, 4.69) is 41.5 Å². The lowest BCUT2D eigenvalue weighted by Crippen LogP contribution is -2.37. The van der Waals surface area contributed by atoms with Crippen molar-refractivity contribution in [2.24, 2.45) is 35.5 Å². The lowest BCUT2D eigenvalue weighted by Gasteiger charge is -2.42. The highest BCUT2D eigenvalue weighted by Crippen LogP contribution is 2.64. The summed E-state index contributed by atoms with van der Waals surface area (Å²) in [5.74, 6) is 0.417. The fraction of sp³-hybridized carbons (Fsp3) is 0.778. The lowest BCUT2D eigenvalue weighted by molar-refractivity contribution is -0.0154. The normalized spacial score (nSPS) is 33.8. The van der Waals surface area contributed by atoms with Crippen molar-refractivity contribution in [1.82, 2.24) is 0 Å². The van der Waals surface area contributed by atoms with Crippen molar-refractivity contribution in [2.75, 3.05) is 0 Å². The molecular weight excluding hydrogens is 438 g/mol. The molecule has 0 radical (unpaired) electrons. The smallest absolute Gasteiger partial charge is 0.363 e. The molecule has 8 atom stereocenters. The van der Waals surface area contributed by atoms with Gasteiger partial charge >= 0.3 is 7.60 Å². The highest BCUT2D eigenvalue weighted by Gasteiger charge is 2.46. The summed E-state index contributed by atoms with van der Waals surface area (Å²) in [5, 5.41) is 11.3. The van der Waals surface area contributed by atoms with Gasteiger partial charge in [-0.3, -0.25) is 4.57 Å². The largest absolute Gasteiger partial charge is 0.376 e. The maximum absolute atomic E-state index is 14.5. The Labute approximate surface area is 200 Å². The molecule has 1 aromatic rings. The molecule has 3 rings (SSSR count). The van der Waals surface area contributed by atoms with Gasteiger partial charge in [0, 0.05) is 0 Å². The van der Waals surface area contributed by atoms with Gasteiger partial charge in [-0.05, 0) is 78.9 Å². The monoisotopic (exact) mass is 482 g/mol. The van der Waals surface area contributed by atoms with Gasteiger partial charge in [-0.2, -0.15) is 0 Å². The Balaban J connectivity index is 1.94. The molecule has 2 aliphatic rings. The van der Waals surface area contributed by atoms with Crippen LogP contribution in [0.5, 0.6) is 0 Å². The summed E-state index contributed by atoms with van der Waals surface area (Å²) in [6, 6.07) is 5.52. The quantitative estimate of drug-likeness (QED) is 0.382. The van der Waals surface area contributed by atoms with Crippen LogP contribution in [0.15, 0.2) is 24.3 Å². The number of hydrogen-bond donors (Lipinski definition) is 1. The third-order valence-electron chi connectivity index (χ3n) is 7.95. The van der Waals surface area contributed by atoms with Crippen molar-refractivity contribution < 1.29 is 23.1 Å². The molecule has 0 bridgehead atoms. The minimum atomic E-state index is -3.96. The fourth-order valence-corrected chi connectivity index (χ4v) is 7.86. The van der Waals surface area contributed by atoms with Crippen LogP contribution in [-0.2, 0) is 13.6 Å². The van der Waals surface area contributed by atoms with Crippen molar-refractivity contribution in [1.29, 1.82) is 0 Å². The van der Waals surface area contributed by atoms with Gasteiger partial charge in [0.25, 0.3) is 0 Å². The van der Waals surface area contributed by atoms with Crippen LogP contribution in [0.25, 0.3) is 0 Å². The molecule has 1 unspecified atom stereocenters. The average Bonchev–Trinajstić information content (AvgIpc) is 2.73. The van der Waals surface area contributed by atoms with E-state index in [0.29, 0.717) is 29.2 Å². The topological polar surface area (TPSA) is 55.8 Å². The second kappa shape index (κ2) is 11.3. The molecule has 0 amide bonds. The molecule has 4 nitrogen and oxygen atoms in total. The SMILES string of the molecule is CC(C)[C@H]1CC[C@@H](C)C[C@H]1OP(=O)(O[C@@H]1C[C@H](C)CC[C@H]1C(C)C)[C@@H](O)c1ccc(F)cc1. The number of aliphatic hydroxyl groups excluding tert-OH is 1. The summed E-state index contributed by atoms with van der Waals surface area (Å²) < 4.78 is 40.9. The molecule has 1 N–H and O–H groups in total. The summed E-state index contributed by atoms with van der Waals surface area (Å²) in [6.45, 7) is 13.1. The molecule has 0 saturated heterocycles. The summed E-state index contributed by atoms with van der Waals surface area (Å²) >= 11 is 0. The van der Waals surface area contributed by atoms with Crippen molar-refractivity contribution >= 4 is 7.60 Å². The minimum Gasteiger partial charge on any atom is -0.376 e. The van der Waals surface area contributed by atoms with E-state index in [1.165, 1.54) is 24.3 Å². The van der Waals surface area contributed by atoms with Crippen LogP contribution in [0, 0.1) is 41.3 Å². The van der Waals surface area contributed by atoms with Gasteiger partial charge in [0.2, 0.25) is 0 Å². The second-order valence-electron chi connectivity index (χ2n) is 11.4.